The Hall–Kier alpha value is -2.02. The Balaban J connectivity index is 1.34. The fourth-order valence-corrected chi connectivity index (χ4v) is 4.59. The van der Waals surface area contributed by atoms with E-state index in [1.165, 1.54) is 16.7 Å². The predicted octanol–water partition coefficient (Wildman–Crippen LogP) is 1.51. The van der Waals surface area contributed by atoms with Crippen LogP contribution in [0.5, 0.6) is 0 Å². The quantitative estimate of drug-likeness (QED) is 0.870. The first-order valence-corrected chi connectivity index (χ1v) is 9.99. The van der Waals surface area contributed by atoms with Gasteiger partial charge in [0.2, 0.25) is 0 Å². The number of rotatable bonds is 2. The van der Waals surface area contributed by atoms with Crippen LogP contribution < -0.4 is 4.90 Å². The van der Waals surface area contributed by atoms with Gasteiger partial charge >= 0.3 is 0 Å². The summed E-state index contributed by atoms with van der Waals surface area (Å²) in [7, 11) is 0. The van der Waals surface area contributed by atoms with E-state index in [0.29, 0.717) is 13.2 Å². The molecule has 0 radical (unpaired) electrons. The SMILES string of the molecule is O[C@@H]1COC[C@H]1N1CCN(c2cc3c(nn2)-c2ccccc2CCC3)CC1. The molecule has 0 spiro atoms. The van der Waals surface area contributed by atoms with E-state index in [2.05, 4.69) is 50.3 Å². The molecule has 27 heavy (non-hydrogen) atoms. The molecule has 0 amide bonds. The lowest BCUT2D eigenvalue weighted by Crippen LogP contribution is -2.53. The minimum Gasteiger partial charge on any atom is -0.389 e. The number of benzene rings is 1. The summed E-state index contributed by atoms with van der Waals surface area (Å²) in [5.74, 6) is 0.982. The number of piperazine rings is 1. The average molecular weight is 366 g/mol. The van der Waals surface area contributed by atoms with E-state index in [0.717, 1.165) is 57.0 Å². The monoisotopic (exact) mass is 366 g/mol. The summed E-state index contributed by atoms with van der Waals surface area (Å²) >= 11 is 0. The molecule has 2 aromatic rings. The molecule has 0 saturated carbocycles. The highest BCUT2D eigenvalue weighted by molar-refractivity contribution is 5.68. The number of hydrogen-bond donors (Lipinski definition) is 1. The molecule has 3 aliphatic rings. The molecule has 6 heteroatoms. The summed E-state index contributed by atoms with van der Waals surface area (Å²) in [4.78, 5) is 4.67. The van der Waals surface area contributed by atoms with Crippen molar-refractivity contribution >= 4 is 5.82 Å². The summed E-state index contributed by atoms with van der Waals surface area (Å²) in [6.45, 7) is 4.77. The first-order chi connectivity index (χ1) is 13.3. The van der Waals surface area contributed by atoms with Gasteiger partial charge in [0.1, 0.15) is 0 Å². The number of aliphatic hydroxyl groups excluding tert-OH is 1. The molecule has 2 saturated heterocycles. The van der Waals surface area contributed by atoms with E-state index in [9.17, 15) is 5.11 Å². The predicted molar refractivity (Wildman–Crippen MR) is 104 cm³/mol. The van der Waals surface area contributed by atoms with Crippen molar-refractivity contribution in [1.29, 1.82) is 0 Å². The lowest BCUT2D eigenvalue weighted by molar-refractivity contribution is 0.0784. The van der Waals surface area contributed by atoms with Gasteiger partial charge in [0.15, 0.2) is 5.82 Å². The second-order valence-electron chi connectivity index (χ2n) is 7.78. The maximum Gasteiger partial charge on any atom is 0.151 e. The highest BCUT2D eigenvalue weighted by Gasteiger charge is 2.33. The van der Waals surface area contributed by atoms with Gasteiger partial charge in [-0.1, -0.05) is 24.3 Å². The van der Waals surface area contributed by atoms with Crippen LogP contribution in [0.2, 0.25) is 0 Å². The average Bonchev–Trinajstić information content (AvgIpc) is 3.05. The van der Waals surface area contributed by atoms with Crippen molar-refractivity contribution in [2.45, 2.75) is 31.4 Å². The van der Waals surface area contributed by atoms with Crippen LogP contribution in [-0.4, -0.2) is 71.7 Å². The van der Waals surface area contributed by atoms with Gasteiger partial charge in [0.25, 0.3) is 0 Å². The van der Waals surface area contributed by atoms with Crippen molar-refractivity contribution in [3.05, 3.63) is 41.5 Å². The lowest BCUT2D eigenvalue weighted by Gasteiger charge is -2.38. The Morgan fingerprint density at radius 2 is 1.78 bits per heavy atom. The Morgan fingerprint density at radius 1 is 0.963 bits per heavy atom. The second-order valence-corrected chi connectivity index (χ2v) is 7.78. The van der Waals surface area contributed by atoms with Crippen LogP contribution in [0.3, 0.4) is 0 Å². The van der Waals surface area contributed by atoms with Crippen LogP contribution in [0.25, 0.3) is 11.3 Å². The summed E-state index contributed by atoms with van der Waals surface area (Å²) < 4.78 is 5.41. The number of anilines is 1. The molecule has 2 atom stereocenters. The number of nitrogens with zero attached hydrogens (tertiary/aromatic N) is 4. The molecule has 6 nitrogen and oxygen atoms in total. The van der Waals surface area contributed by atoms with Crippen LogP contribution in [-0.2, 0) is 17.6 Å². The van der Waals surface area contributed by atoms with Gasteiger partial charge in [-0.3, -0.25) is 4.90 Å². The van der Waals surface area contributed by atoms with Crippen LogP contribution in [0.4, 0.5) is 5.82 Å². The fourth-order valence-electron chi connectivity index (χ4n) is 4.59. The van der Waals surface area contributed by atoms with E-state index in [1.54, 1.807) is 0 Å². The molecule has 3 heterocycles. The maximum absolute atomic E-state index is 10.1. The van der Waals surface area contributed by atoms with Crippen LogP contribution >= 0.6 is 0 Å². The van der Waals surface area contributed by atoms with Crippen molar-refractivity contribution in [3.63, 3.8) is 0 Å². The minimum atomic E-state index is -0.357. The molecule has 0 bridgehead atoms. The van der Waals surface area contributed by atoms with Gasteiger partial charge < -0.3 is 14.7 Å². The Labute approximate surface area is 159 Å². The number of fused-ring (bicyclic) bond motifs is 3. The Morgan fingerprint density at radius 3 is 2.59 bits per heavy atom. The van der Waals surface area contributed by atoms with Gasteiger partial charge in [-0.05, 0) is 36.5 Å². The van der Waals surface area contributed by atoms with E-state index < -0.39 is 0 Å². The Bertz CT molecular complexity index is 820. The third-order valence-electron chi connectivity index (χ3n) is 6.15. The topological polar surface area (TPSA) is 61.7 Å². The maximum atomic E-state index is 10.1. The fraction of sp³-hybridized carbons (Fsp3) is 0.524. The normalized spacial score (nSPS) is 25.7. The summed E-state index contributed by atoms with van der Waals surface area (Å²) in [6, 6.07) is 11.0. The molecule has 1 aromatic carbocycles. The molecular formula is C21H26N4O2. The zero-order valence-corrected chi connectivity index (χ0v) is 15.5. The van der Waals surface area contributed by atoms with Crippen LogP contribution in [0.15, 0.2) is 30.3 Å². The summed E-state index contributed by atoms with van der Waals surface area (Å²) in [5, 5.41) is 19.3. The summed E-state index contributed by atoms with van der Waals surface area (Å²) in [5.41, 5.74) is 4.98. The van der Waals surface area contributed by atoms with Gasteiger partial charge in [-0.25, -0.2) is 0 Å². The van der Waals surface area contributed by atoms with Crippen molar-refractivity contribution in [2.75, 3.05) is 44.3 Å². The second kappa shape index (κ2) is 7.19. The minimum absolute atomic E-state index is 0.141. The highest BCUT2D eigenvalue weighted by atomic mass is 16.5. The van der Waals surface area contributed by atoms with E-state index >= 15 is 0 Å². The molecule has 2 fully saturated rings. The first-order valence-electron chi connectivity index (χ1n) is 9.99. The van der Waals surface area contributed by atoms with Gasteiger partial charge in [0, 0.05) is 31.7 Å². The van der Waals surface area contributed by atoms with Crippen molar-refractivity contribution in [3.8, 4) is 11.3 Å². The first kappa shape index (κ1) is 17.1. The molecule has 1 aliphatic carbocycles. The number of hydrogen-bond acceptors (Lipinski definition) is 6. The van der Waals surface area contributed by atoms with Crippen molar-refractivity contribution in [1.82, 2.24) is 15.1 Å². The molecule has 1 N–H and O–H groups in total. The van der Waals surface area contributed by atoms with Crippen LogP contribution in [0.1, 0.15) is 17.5 Å². The third-order valence-corrected chi connectivity index (χ3v) is 6.15. The largest absolute Gasteiger partial charge is 0.389 e. The molecule has 2 aliphatic heterocycles. The van der Waals surface area contributed by atoms with Crippen molar-refractivity contribution < 1.29 is 9.84 Å². The number of aryl methyl sites for hydroxylation is 2. The smallest absolute Gasteiger partial charge is 0.151 e. The zero-order valence-electron chi connectivity index (χ0n) is 15.5. The van der Waals surface area contributed by atoms with Gasteiger partial charge in [-0.15, -0.1) is 10.2 Å². The molecular weight excluding hydrogens is 340 g/mol. The standard InChI is InChI=1S/C21H26N4O2/c26-19-14-27-13-18(19)24-8-10-25(11-9-24)20-12-16-6-3-5-15-4-1-2-7-17(15)21(16)23-22-20/h1-2,4,7,12,18-19,26H,3,5-6,8-11,13-14H2/t18-,19-/m1/s1. The molecule has 5 rings (SSSR count). The van der Waals surface area contributed by atoms with Crippen LogP contribution in [0, 0.1) is 0 Å². The molecule has 1 aromatic heterocycles. The lowest BCUT2D eigenvalue weighted by atomic mass is 10.0. The van der Waals surface area contributed by atoms with E-state index in [-0.39, 0.29) is 12.1 Å². The number of aliphatic hydroxyl groups is 1. The van der Waals surface area contributed by atoms with Gasteiger partial charge in [-0.2, -0.15) is 0 Å². The number of aromatic nitrogens is 2. The third kappa shape index (κ3) is 3.22. The molecule has 0 unspecified atom stereocenters. The van der Waals surface area contributed by atoms with E-state index in [1.807, 2.05) is 0 Å². The van der Waals surface area contributed by atoms with Gasteiger partial charge in [0.05, 0.1) is 31.1 Å². The number of ether oxygens (including phenoxy) is 1. The molecule has 142 valence electrons. The highest BCUT2D eigenvalue weighted by Crippen LogP contribution is 2.32. The zero-order chi connectivity index (χ0) is 18.2. The summed E-state index contributed by atoms with van der Waals surface area (Å²) in [6.07, 6.45) is 2.95. The van der Waals surface area contributed by atoms with E-state index in [4.69, 9.17) is 4.74 Å². The van der Waals surface area contributed by atoms with Crippen molar-refractivity contribution in [2.24, 2.45) is 0 Å². The Kier molecular flexibility index (Phi) is 4.55.